The molecule has 0 aliphatic carbocycles. The van der Waals surface area contributed by atoms with Gasteiger partial charge in [0.15, 0.2) is 0 Å². The first-order valence-electron chi connectivity index (χ1n) is 6.41. The number of rotatable bonds is 4. The Morgan fingerprint density at radius 2 is 2.25 bits per heavy atom. The normalized spacial score (nSPS) is 12.2. The average Bonchev–Trinajstić information content (AvgIpc) is 2.92. The third kappa shape index (κ3) is 3.57. The van der Waals surface area contributed by atoms with Crippen molar-refractivity contribution in [2.75, 3.05) is 0 Å². The molecule has 0 spiro atoms. The molecule has 0 aliphatic heterocycles. The van der Waals surface area contributed by atoms with E-state index in [-0.39, 0.29) is 12.1 Å². The summed E-state index contributed by atoms with van der Waals surface area (Å²) in [6.07, 6.45) is 3.73. The third-order valence-corrected chi connectivity index (χ3v) is 3.85. The molecule has 0 aliphatic rings. The molecule has 1 unspecified atom stereocenters. The number of carbonyl (C=O) groups excluding carboxylic acids is 1. The first kappa shape index (κ1) is 14.5. The molecule has 0 saturated carbocycles. The third-order valence-electron chi connectivity index (χ3n) is 2.93. The van der Waals surface area contributed by atoms with E-state index in [2.05, 4.69) is 20.7 Å². The van der Waals surface area contributed by atoms with Crippen LogP contribution in [0.2, 0.25) is 0 Å². The van der Waals surface area contributed by atoms with E-state index in [0.29, 0.717) is 6.54 Å². The SMILES string of the molecule is Cc1cnc(CNC(=O)NC(C)c2cn(C)nc2C)s1. The van der Waals surface area contributed by atoms with E-state index in [9.17, 15) is 4.79 Å². The summed E-state index contributed by atoms with van der Waals surface area (Å²) in [5, 5.41) is 10.9. The van der Waals surface area contributed by atoms with Gasteiger partial charge in [-0.25, -0.2) is 9.78 Å². The van der Waals surface area contributed by atoms with Crippen LogP contribution in [0.3, 0.4) is 0 Å². The van der Waals surface area contributed by atoms with E-state index in [0.717, 1.165) is 21.1 Å². The number of nitrogens with zero attached hydrogens (tertiary/aromatic N) is 3. The van der Waals surface area contributed by atoms with Crippen LogP contribution >= 0.6 is 11.3 Å². The lowest BCUT2D eigenvalue weighted by atomic mass is 10.1. The van der Waals surface area contributed by atoms with Gasteiger partial charge >= 0.3 is 6.03 Å². The minimum absolute atomic E-state index is 0.0817. The molecule has 1 atom stereocenters. The minimum Gasteiger partial charge on any atom is -0.332 e. The molecule has 2 aromatic heterocycles. The van der Waals surface area contributed by atoms with Crippen molar-refractivity contribution in [1.82, 2.24) is 25.4 Å². The number of aryl methyl sites for hydroxylation is 3. The van der Waals surface area contributed by atoms with Crippen LogP contribution in [-0.4, -0.2) is 20.8 Å². The van der Waals surface area contributed by atoms with Gasteiger partial charge < -0.3 is 10.6 Å². The minimum atomic E-state index is -0.200. The molecule has 2 aromatic rings. The molecule has 0 aromatic carbocycles. The van der Waals surface area contributed by atoms with Gasteiger partial charge in [-0.1, -0.05) is 0 Å². The van der Waals surface area contributed by atoms with Crippen molar-refractivity contribution in [3.8, 4) is 0 Å². The Kier molecular flexibility index (Phi) is 4.39. The van der Waals surface area contributed by atoms with Crippen molar-refractivity contribution in [3.63, 3.8) is 0 Å². The molecule has 7 heteroatoms. The molecule has 2 N–H and O–H groups in total. The summed E-state index contributed by atoms with van der Waals surface area (Å²) in [5.74, 6) is 0. The number of carbonyl (C=O) groups is 1. The highest BCUT2D eigenvalue weighted by Crippen LogP contribution is 2.15. The van der Waals surface area contributed by atoms with Gasteiger partial charge in [0.2, 0.25) is 0 Å². The van der Waals surface area contributed by atoms with Crippen molar-refractivity contribution in [3.05, 3.63) is 33.5 Å². The van der Waals surface area contributed by atoms with Gasteiger partial charge in [0.25, 0.3) is 0 Å². The van der Waals surface area contributed by atoms with Crippen LogP contribution in [0.4, 0.5) is 4.79 Å². The van der Waals surface area contributed by atoms with Gasteiger partial charge in [-0.3, -0.25) is 4.68 Å². The smallest absolute Gasteiger partial charge is 0.315 e. The molecule has 2 amide bonds. The number of hydrogen-bond donors (Lipinski definition) is 2. The predicted octanol–water partition coefficient (Wildman–Crippen LogP) is 2.05. The molecule has 6 nitrogen and oxygen atoms in total. The second-order valence-corrected chi connectivity index (χ2v) is 6.08. The van der Waals surface area contributed by atoms with Crippen molar-refractivity contribution in [2.24, 2.45) is 7.05 Å². The Bertz CT molecular complexity index is 604. The summed E-state index contributed by atoms with van der Waals surface area (Å²) < 4.78 is 1.75. The fraction of sp³-hybridized carbons (Fsp3) is 0.462. The summed E-state index contributed by atoms with van der Waals surface area (Å²) in [6, 6.07) is -0.282. The van der Waals surface area contributed by atoms with E-state index in [1.165, 1.54) is 0 Å². The van der Waals surface area contributed by atoms with Crippen molar-refractivity contribution < 1.29 is 4.79 Å². The van der Waals surface area contributed by atoms with E-state index in [4.69, 9.17) is 0 Å². The lowest BCUT2D eigenvalue weighted by molar-refractivity contribution is 0.237. The van der Waals surface area contributed by atoms with Crippen LogP contribution < -0.4 is 10.6 Å². The fourth-order valence-electron chi connectivity index (χ4n) is 2.01. The molecular weight excluding hydrogens is 274 g/mol. The molecule has 0 saturated heterocycles. The summed E-state index contributed by atoms with van der Waals surface area (Å²) in [7, 11) is 1.87. The molecule has 108 valence electrons. The molecule has 0 bridgehead atoms. The number of urea groups is 1. The number of hydrogen-bond acceptors (Lipinski definition) is 4. The Hall–Kier alpha value is -1.89. The maximum atomic E-state index is 11.9. The highest BCUT2D eigenvalue weighted by Gasteiger charge is 2.14. The van der Waals surface area contributed by atoms with E-state index in [1.54, 1.807) is 22.2 Å². The summed E-state index contributed by atoms with van der Waals surface area (Å²) in [5.41, 5.74) is 1.95. The van der Waals surface area contributed by atoms with E-state index >= 15 is 0 Å². The summed E-state index contributed by atoms with van der Waals surface area (Å²) in [6.45, 7) is 6.32. The van der Waals surface area contributed by atoms with Crippen LogP contribution in [0, 0.1) is 13.8 Å². The first-order chi connectivity index (χ1) is 9.45. The standard InChI is InChI=1S/C13H19N5OS/c1-8-5-14-12(20-8)6-15-13(19)16-9(2)11-7-18(4)17-10(11)3/h5,7,9H,6H2,1-4H3,(H2,15,16,19). The Labute approximate surface area is 122 Å². The first-order valence-corrected chi connectivity index (χ1v) is 7.23. The monoisotopic (exact) mass is 293 g/mol. The molecule has 2 rings (SSSR count). The quantitative estimate of drug-likeness (QED) is 0.906. The van der Waals surface area contributed by atoms with Gasteiger partial charge in [-0.05, 0) is 20.8 Å². The van der Waals surface area contributed by atoms with Crippen LogP contribution in [0.25, 0.3) is 0 Å². The van der Waals surface area contributed by atoms with E-state index in [1.807, 2.05) is 34.0 Å². The molecule has 20 heavy (non-hydrogen) atoms. The second kappa shape index (κ2) is 6.04. The topological polar surface area (TPSA) is 71.8 Å². The highest BCUT2D eigenvalue weighted by molar-refractivity contribution is 7.11. The molecule has 0 radical (unpaired) electrons. The Morgan fingerprint density at radius 1 is 1.50 bits per heavy atom. The summed E-state index contributed by atoms with van der Waals surface area (Å²) in [4.78, 5) is 17.2. The fourth-order valence-corrected chi connectivity index (χ4v) is 2.73. The van der Waals surface area contributed by atoms with Crippen LogP contribution in [0.5, 0.6) is 0 Å². The van der Waals surface area contributed by atoms with Crippen molar-refractivity contribution >= 4 is 17.4 Å². The van der Waals surface area contributed by atoms with Crippen LogP contribution in [0.1, 0.15) is 34.1 Å². The number of thiazole rings is 1. The van der Waals surface area contributed by atoms with Gasteiger partial charge in [-0.15, -0.1) is 11.3 Å². The lowest BCUT2D eigenvalue weighted by Gasteiger charge is -2.13. The number of amides is 2. The van der Waals surface area contributed by atoms with Gasteiger partial charge in [0, 0.05) is 29.9 Å². The maximum absolute atomic E-state index is 11.9. The second-order valence-electron chi connectivity index (χ2n) is 4.76. The molecule has 0 fully saturated rings. The zero-order chi connectivity index (χ0) is 14.7. The number of nitrogens with one attached hydrogen (secondary N) is 2. The molecule has 2 heterocycles. The van der Waals surface area contributed by atoms with Crippen LogP contribution in [0.15, 0.2) is 12.4 Å². The Morgan fingerprint density at radius 3 is 2.80 bits per heavy atom. The Balaban J connectivity index is 1.86. The predicted molar refractivity (Wildman–Crippen MR) is 78.6 cm³/mol. The van der Waals surface area contributed by atoms with Gasteiger partial charge in [-0.2, -0.15) is 5.10 Å². The van der Waals surface area contributed by atoms with Crippen LogP contribution in [-0.2, 0) is 13.6 Å². The molecular formula is C13H19N5OS. The maximum Gasteiger partial charge on any atom is 0.315 e. The number of aromatic nitrogens is 3. The van der Waals surface area contributed by atoms with Crippen molar-refractivity contribution in [1.29, 1.82) is 0 Å². The lowest BCUT2D eigenvalue weighted by Crippen LogP contribution is -2.36. The largest absolute Gasteiger partial charge is 0.332 e. The van der Waals surface area contributed by atoms with E-state index < -0.39 is 0 Å². The van der Waals surface area contributed by atoms with Gasteiger partial charge in [0.05, 0.1) is 18.3 Å². The zero-order valence-electron chi connectivity index (χ0n) is 12.1. The zero-order valence-corrected chi connectivity index (χ0v) is 12.9. The highest BCUT2D eigenvalue weighted by atomic mass is 32.1. The van der Waals surface area contributed by atoms with Gasteiger partial charge in [0.1, 0.15) is 5.01 Å². The average molecular weight is 293 g/mol. The summed E-state index contributed by atoms with van der Waals surface area (Å²) >= 11 is 1.58. The van der Waals surface area contributed by atoms with Crippen molar-refractivity contribution in [2.45, 2.75) is 33.4 Å².